The van der Waals surface area contributed by atoms with E-state index >= 15 is 0 Å². The molecule has 1 heterocycles. The minimum absolute atomic E-state index is 0.0310. The summed E-state index contributed by atoms with van der Waals surface area (Å²) in [4.78, 5) is 16.1. The first-order valence-electron chi connectivity index (χ1n) is 10.8. The zero-order chi connectivity index (χ0) is 24.6. The van der Waals surface area contributed by atoms with Crippen LogP contribution < -0.4 is 4.90 Å². The Balaban J connectivity index is 1.89. The van der Waals surface area contributed by atoms with Gasteiger partial charge >= 0.3 is 6.03 Å². The van der Waals surface area contributed by atoms with Crippen molar-refractivity contribution in [3.63, 3.8) is 0 Å². The van der Waals surface area contributed by atoms with Gasteiger partial charge in [0, 0.05) is 12.7 Å². The number of benzene rings is 2. The van der Waals surface area contributed by atoms with Crippen molar-refractivity contribution in [3.05, 3.63) is 70.4 Å². The molecular formula is C25H23FN4O3S. The second kappa shape index (κ2) is 8.92. The average Bonchev–Trinajstić information content (AvgIpc) is 3.64. The van der Waals surface area contributed by atoms with E-state index in [1.54, 1.807) is 25.1 Å². The molecule has 2 aromatic rings. The normalized spacial score (nSPS) is 18.6. The highest BCUT2D eigenvalue weighted by atomic mass is 32.2. The van der Waals surface area contributed by atoms with Crippen LogP contribution in [0.5, 0.6) is 0 Å². The van der Waals surface area contributed by atoms with Crippen LogP contribution in [0.15, 0.2) is 58.6 Å². The Kier molecular flexibility index (Phi) is 6.16. The van der Waals surface area contributed by atoms with Crippen molar-refractivity contribution in [2.45, 2.75) is 37.4 Å². The third-order valence-electron chi connectivity index (χ3n) is 6.25. The Morgan fingerprint density at radius 1 is 1.12 bits per heavy atom. The van der Waals surface area contributed by atoms with Crippen LogP contribution in [0.3, 0.4) is 0 Å². The van der Waals surface area contributed by atoms with Crippen LogP contribution >= 0.6 is 0 Å². The molecule has 1 fully saturated rings. The fourth-order valence-corrected chi connectivity index (χ4v) is 6.28. The number of carbonyl (C=O) groups excluding carboxylic acids is 1. The molecule has 9 heteroatoms. The fraction of sp³-hybridized carbons (Fsp3) is 0.320. The van der Waals surface area contributed by atoms with Gasteiger partial charge in [0.05, 0.1) is 45.7 Å². The molecule has 0 N–H and O–H groups in total. The van der Waals surface area contributed by atoms with E-state index < -0.39 is 28.6 Å². The lowest BCUT2D eigenvalue weighted by atomic mass is 9.93. The topological polar surface area (TPSA) is 105 Å². The lowest BCUT2D eigenvalue weighted by Crippen LogP contribution is -2.47. The second-order valence-corrected chi connectivity index (χ2v) is 10.6. The summed E-state index contributed by atoms with van der Waals surface area (Å²) in [5, 5.41) is 19.4. The number of likely N-dealkylation sites (N-methyl/N-ethyl adjacent to an activating group) is 1. The summed E-state index contributed by atoms with van der Waals surface area (Å²) >= 11 is 0. The van der Waals surface area contributed by atoms with Gasteiger partial charge in [0.1, 0.15) is 6.67 Å². The van der Waals surface area contributed by atoms with Crippen molar-refractivity contribution < 1.29 is 17.6 Å². The van der Waals surface area contributed by atoms with E-state index in [1.807, 2.05) is 6.07 Å². The fourth-order valence-electron chi connectivity index (χ4n) is 4.30. The smallest absolute Gasteiger partial charge is 0.315 e. The van der Waals surface area contributed by atoms with Gasteiger partial charge in [-0.3, -0.25) is 4.90 Å². The third-order valence-corrected chi connectivity index (χ3v) is 8.18. The first-order chi connectivity index (χ1) is 16.2. The molecule has 0 bridgehead atoms. The minimum atomic E-state index is -3.75. The minimum Gasteiger partial charge on any atom is -0.315 e. The highest BCUT2D eigenvalue weighted by Crippen LogP contribution is 2.42. The van der Waals surface area contributed by atoms with Gasteiger partial charge in [0.15, 0.2) is 9.84 Å². The summed E-state index contributed by atoms with van der Waals surface area (Å²) in [6.45, 7) is 0.913. The Bertz CT molecular complexity index is 1380. The molecule has 2 aromatic carbocycles. The SMILES string of the molecule is CC1=C(C#N)[C@@H](c2ccc(C#N)cc2S(=O)(=O)CC2CC2)N(C)C(=O)N1c1cccc(CF)c1. The van der Waals surface area contributed by atoms with E-state index in [9.17, 15) is 28.1 Å². The van der Waals surface area contributed by atoms with Gasteiger partial charge in [0.2, 0.25) is 0 Å². The zero-order valence-electron chi connectivity index (χ0n) is 18.8. The number of sulfone groups is 1. The summed E-state index contributed by atoms with van der Waals surface area (Å²) in [5.74, 6) is 0.0479. The summed E-state index contributed by atoms with van der Waals surface area (Å²) in [6, 6.07) is 13.4. The standard InChI is InChI=1S/C25H23FN4O3S/c1-16-22(14-28)24(29(2)25(31)30(16)20-5-3-4-18(10-20)12-26)21-9-8-19(13-27)11-23(21)34(32,33)15-17-6-7-17/h3-5,8-11,17,24H,6-7,12,15H2,1-2H3/t24-/m1/s1. The van der Waals surface area contributed by atoms with Gasteiger partial charge in [-0.05, 0) is 61.1 Å². The number of hydrogen-bond donors (Lipinski definition) is 0. The summed E-state index contributed by atoms with van der Waals surface area (Å²) in [6.07, 6.45) is 1.67. The molecule has 2 amide bonds. The van der Waals surface area contributed by atoms with Crippen LogP contribution in [0, 0.1) is 28.6 Å². The number of halogens is 1. The molecule has 1 aliphatic heterocycles. The number of alkyl halides is 1. The van der Waals surface area contributed by atoms with Crippen LogP contribution in [0.1, 0.15) is 42.5 Å². The number of amides is 2. The second-order valence-electron chi connectivity index (χ2n) is 8.64. The quantitative estimate of drug-likeness (QED) is 0.602. The summed E-state index contributed by atoms with van der Waals surface area (Å²) in [5.41, 5.74) is 1.80. The van der Waals surface area contributed by atoms with Gasteiger partial charge in [-0.1, -0.05) is 18.2 Å². The van der Waals surface area contributed by atoms with E-state index in [0.29, 0.717) is 16.9 Å². The number of rotatable bonds is 6. The molecule has 1 aliphatic carbocycles. The van der Waals surface area contributed by atoms with Crippen LogP contribution in [-0.4, -0.2) is 32.1 Å². The number of carbonyl (C=O) groups is 1. The molecule has 1 atom stereocenters. The van der Waals surface area contributed by atoms with Gasteiger partial charge in [-0.2, -0.15) is 10.5 Å². The Morgan fingerprint density at radius 3 is 2.47 bits per heavy atom. The molecular weight excluding hydrogens is 455 g/mol. The van der Waals surface area contributed by atoms with Crippen molar-refractivity contribution in [2.24, 2.45) is 5.92 Å². The van der Waals surface area contributed by atoms with E-state index in [-0.39, 0.29) is 33.3 Å². The highest BCUT2D eigenvalue weighted by Gasteiger charge is 2.41. The van der Waals surface area contributed by atoms with E-state index in [0.717, 1.165) is 12.8 Å². The number of urea groups is 1. The van der Waals surface area contributed by atoms with Gasteiger partial charge in [0.25, 0.3) is 0 Å². The molecule has 0 unspecified atom stereocenters. The van der Waals surface area contributed by atoms with Crippen LogP contribution in [-0.2, 0) is 16.5 Å². The van der Waals surface area contributed by atoms with Crippen molar-refractivity contribution >= 4 is 21.6 Å². The number of nitrogens with zero attached hydrogens (tertiary/aromatic N) is 4. The van der Waals surface area contributed by atoms with Crippen LogP contribution in [0.2, 0.25) is 0 Å². The highest BCUT2D eigenvalue weighted by molar-refractivity contribution is 7.91. The molecule has 0 aromatic heterocycles. The van der Waals surface area contributed by atoms with E-state index in [2.05, 4.69) is 6.07 Å². The largest absolute Gasteiger partial charge is 0.329 e. The van der Waals surface area contributed by atoms with E-state index in [4.69, 9.17) is 0 Å². The maximum atomic E-state index is 13.5. The van der Waals surface area contributed by atoms with Gasteiger partial charge < -0.3 is 4.90 Å². The molecule has 0 saturated heterocycles. The molecule has 0 spiro atoms. The Labute approximate surface area is 198 Å². The molecule has 2 aliphatic rings. The molecule has 7 nitrogen and oxygen atoms in total. The number of allylic oxidation sites excluding steroid dienone is 1. The van der Waals surface area contributed by atoms with E-state index in [1.165, 1.54) is 41.1 Å². The molecule has 1 saturated carbocycles. The Hall–Kier alpha value is -3.69. The van der Waals surface area contributed by atoms with Crippen LogP contribution in [0.25, 0.3) is 0 Å². The van der Waals surface area contributed by atoms with Crippen molar-refractivity contribution in [2.75, 3.05) is 17.7 Å². The number of hydrogen-bond acceptors (Lipinski definition) is 5. The first kappa shape index (κ1) is 23.5. The third kappa shape index (κ3) is 4.15. The molecule has 4 rings (SSSR count). The summed E-state index contributed by atoms with van der Waals surface area (Å²) in [7, 11) is -2.25. The van der Waals surface area contributed by atoms with Crippen molar-refractivity contribution in [3.8, 4) is 12.1 Å². The average molecular weight is 479 g/mol. The first-order valence-corrected chi connectivity index (χ1v) is 12.5. The Morgan fingerprint density at radius 2 is 1.85 bits per heavy atom. The zero-order valence-corrected chi connectivity index (χ0v) is 19.6. The monoisotopic (exact) mass is 478 g/mol. The number of anilines is 1. The van der Waals surface area contributed by atoms with Crippen LogP contribution in [0.4, 0.5) is 14.9 Å². The predicted molar refractivity (Wildman–Crippen MR) is 124 cm³/mol. The van der Waals surface area contributed by atoms with Gasteiger partial charge in [-0.25, -0.2) is 17.6 Å². The molecule has 34 heavy (non-hydrogen) atoms. The molecule has 0 radical (unpaired) electrons. The van der Waals surface area contributed by atoms with Gasteiger partial charge in [-0.15, -0.1) is 0 Å². The maximum Gasteiger partial charge on any atom is 0.329 e. The summed E-state index contributed by atoms with van der Waals surface area (Å²) < 4.78 is 39.8. The van der Waals surface area contributed by atoms with Crippen molar-refractivity contribution in [1.29, 1.82) is 10.5 Å². The lowest BCUT2D eigenvalue weighted by Gasteiger charge is -2.40. The van der Waals surface area contributed by atoms with Crippen molar-refractivity contribution in [1.82, 2.24) is 4.90 Å². The number of nitriles is 2. The maximum absolute atomic E-state index is 13.5. The predicted octanol–water partition coefficient (Wildman–Crippen LogP) is 4.62. The molecule has 174 valence electrons. The lowest BCUT2D eigenvalue weighted by molar-refractivity contribution is 0.202.